The fourth-order valence-electron chi connectivity index (χ4n) is 2.09. The van der Waals surface area contributed by atoms with Gasteiger partial charge in [0.15, 0.2) is 0 Å². The molecule has 0 radical (unpaired) electrons. The molecule has 1 rings (SSSR count). The molecule has 13 heavy (non-hydrogen) atoms. The lowest BCUT2D eigenvalue weighted by molar-refractivity contribution is 0.0913. The van der Waals surface area contributed by atoms with Crippen LogP contribution in [0.2, 0.25) is 0 Å². The third kappa shape index (κ3) is 2.57. The van der Waals surface area contributed by atoms with E-state index in [1.165, 1.54) is 0 Å². The number of hydrogen-bond acceptors (Lipinski definition) is 1. The second kappa shape index (κ2) is 4.28. The lowest BCUT2D eigenvalue weighted by Crippen LogP contribution is -2.30. The third-order valence-corrected chi connectivity index (χ3v) is 3.25. The van der Waals surface area contributed by atoms with E-state index in [0.717, 1.165) is 6.42 Å². The summed E-state index contributed by atoms with van der Waals surface area (Å²) in [7, 11) is 0. The van der Waals surface area contributed by atoms with E-state index in [-0.39, 0.29) is 6.10 Å². The Hall–Kier alpha value is -0.300. The van der Waals surface area contributed by atoms with E-state index < -0.39 is 0 Å². The van der Waals surface area contributed by atoms with Crippen LogP contribution in [0, 0.1) is 23.7 Å². The van der Waals surface area contributed by atoms with Crippen LogP contribution in [0.3, 0.4) is 0 Å². The molecule has 0 fully saturated rings. The first-order valence-corrected chi connectivity index (χ1v) is 5.38. The van der Waals surface area contributed by atoms with Gasteiger partial charge in [0.1, 0.15) is 0 Å². The topological polar surface area (TPSA) is 20.2 Å². The summed E-state index contributed by atoms with van der Waals surface area (Å²) < 4.78 is 0. The van der Waals surface area contributed by atoms with Crippen LogP contribution in [0.15, 0.2) is 12.2 Å². The Balaban J connectivity index is 2.65. The molecule has 0 spiro atoms. The summed E-state index contributed by atoms with van der Waals surface area (Å²) in [5.74, 6) is 2.40. The van der Waals surface area contributed by atoms with Gasteiger partial charge in [-0.3, -0.25) is 0 Å². The molecule has 0 amide bonds. The van der Waals surface area contributed by atoms with Gasteiger partial charge in [0, 0.05) is 0 Å². The van der Waals surface area contributed by atoms with Crippen molar-refractivity contribution in [2.24, 2.45) is 23.7 Å². The average Bonchev–Trinajstić information content (AvgIpc) is 2.04. The second-order valence-corrected chi connectivity index (χ2v) is 4.93. The number of aliphatic hydroxyl groups excluding tert-OH is 1. The summed E-state index contributed by atoms with van der Waals surface area (Å²) in [6, 6.07) is 0. The maximum Gasteiger partial charge on any atom is 0.0751 e. The Labute approximate surface area is 81.9 Å². The Morgan fingerprint density at radius 1 is 1.08 bits per heavy atom. The summed E-state index contributed by atoms with van der Waals surface area (Å²) in [5, 5.41) is 9.75. The molecule has 1 aliphatic carbocycles. The Morgan fingerprint density at radius 3 is 2.15 bits per heavy atom. The van der Waals surface area contributed by atoms with Crippen molar-refractivity contribution in [1.82, 2.24) is 0 Å². The van der Waals surface area contributed by atoms with Gasteiger partial charge in [-0.25, -0.2) is 0 Å². The van der Waals surface area contributed by atoms with Gasteiger partial charge in [-0.1, -0.05) is 39.8 Å². The van der Waals surface area contributed by atoms with Crippen LogP contribution in [-0.4, -0.2) is 11.2 Å². The molecule has 1 aliphatic rings. The van der Waals surface area contributed by atoms with Crippen molar-refractivity contribution in [2.75, 3.05) is 0 Å². The summed E-state index contributed by atoms with van der Waals surface area (Å²) in [5.41, 5.74) is 0. The fourth-order valence-corrected chi connectivity index (χ4v) is 2.09. The lowest BCUT2D eigenvalue weighted by atomic mass is 9.75. The summed E-state index contributed by atoms with van der Waals surface area (Å²) in [6.07, 6.45) is 5.11. The van der Waals surface area contributed by atoms with Gasteiger partial charge in [-0.2, -0.15) is 0 Å². The molecule has 0 aromatic heterocycles. The smallest absolute Gasteiger partial charge is 0.0751 e. The first kappa shape index (κ1) is 10.8. The third-order valence-electron chi connectivity index (χ3n) is 3.25. The highest BCUT2D eigenvalue weighted by Gasteiger charge is 2.28. The summed E-state index contributed by atoms with van der Waals surface area (Å²) in [6.45, 7) is 8.91. The predicted octanol–water partition coefficient (Wildman–Crippen LogP) is 2.85. The molecule has 0 aromatic rings. The zero-order chi connectivity index (χ0) is 10.0. The number of aliphatic hydroxyl groups is 1. The number of rotatable bonds is 2. The molecule has 0 heterocycles. The molecule has 0 aromatic carbocycles. The van der Waals surface area contributed by atoms with Crippen molar-refractivity contribution in [3.8, 4) is 0 Å². The maximum absolute atomic E-state index is 9.75. The van der Waals surface area contributed by atoms with Crippen LogP contribution in [0.5, 0.6) is 0 Å². The predicted molar refractivity (Wildman–Crippen MR) is 56.4 cm³/mol. The van der Waals surface area contributed by atoms with Crippen LogP contribution >= 0.6 is 0 Å². The minimum atomic E-state index is -0.213. The number of hydrogen-bond donors (Lipinski definition) is 1. The highest BCUT2D eigenvalue weighted by atomic mass is 16.3. The second-order valence-electron chi connectivity index (χ2n) is 4.93. The maximum atomic E-state index is 9.75. The van der Waals surface area contributed by atoms with Crippen molar-refractivity contribution in [3.63, 3.8) is 0 Å². The van der Waals surface area contributed by atoms with E-state index in [4.69, 9.17) is 0 Å². The highest BCUT2D eigenvalue weighted by molar-refractivity contribution is 5.03. The molecular formula is C12H22O. The summed E-state index contributed by atoms with van der Waals surface area (Å²) in [4.78, 5) is 0. The molecule has 1 nitrogen and oxygen atoms in total. The van der Waals surface area contributed by atoms with E-state index >= 15 is 0 Å². The van der Waals surface area contributed by atoms with E-state index in [9.17, 15) is 5.11 Å². The van der Waals surface area contributed by atoms with Crippen molar-refractivity contribution in [3.05, 3.63) is 12.2 Å². The molecule has 76 valence electrons. The first-order valence-electron chi connectivity index (χ1n) is 5.38. The van der Waals surface area contributed by atoms with Gasteiger partial charge in [-0.15, -0.1) is 0 Å². The molecule has 3 unspecified atom stereocenters. The van der Waals surface area contributed by atoms with Gasteiger partial charge < -0.3 is 5.11 Å². The van der Waals surface area contributed by atoms with Gasteiger partial charge in [0.25, 0.3) is 0 Å². The summed E-state index contributed by atoms with van der Waals surface area (Å²) >= 11 is 0. The Bertz CT molecular complexity index is 182. The van der Waals surface area contributed by atoms with E-state index in [1.807, 2.05) is 6.08 Å². The minimum Gasteiger partial charge on any atom is -0.389 e. The molecule has 0 saturated carbocycles. The van der Waals surface area contributed by atoms with E-state index in [2.05, 4.69) is 33.8 Å². The molecule has 3 atom stereocenters. The zero-order valence-corrected chi connectivity index (χ0v) is 9.20. The molecular weight excluding hydrogens is 160 g/mol. The van der Waals surface area contributed by atoms with Gasteiger partial charge >= 0.3 is 0 Å². The lowest BCUT2D eigenvalue weighted by Gasteiger charge is -2.33. The van der Waals surface area contributed by atoms with Crippen molar-refractivity contribution < 1.29 is 5.11 Å². The molecule has 1 N–H and O–H groups in total. The standard InChI is InChI=1S/C12H22O/c1-8(2)10-5-6-12(13)11(7-10)9(3)4/h5-6,8-13H,7H2,1-4H3. The van der Waals surface area contributed by atoms with Gasteiger partial charge in [0.05, 0.1) is 6.10 Å². The SMILES string of the molecule is CC(C)C1C=CC(O)C(C(C)C)C1. The largest absolute Gasteiger partial charge is 0.389 e. The monoisotopic (exact) mass is 182 g/mol. The molecule has 1 heteroatoms. The van der Waals surface area contributed by atoms with Crippen LogP contribution in [0.4, 0.5) is 0 Å². The Morgan fingerprint density at radius 2 is 1.69 bits per heavy atom. The molecule has 0 bridgehead atoms. The van der Waals surface area contributed by atoms with Crippen LogP contribution in [0.1, 0.15) is 34.1 Å². The van der Waals surface area contributed by atoms with Crippen LogP contribution in [0.25, 0.3) is 0 Å². The Kier molecular flexibility index (Phi) is 3.55. The quantitative estimate of drug-likeness (QED) is 0.651. The fraction of sp³-hybridized carbons (Fsp3) is 0.833. The number of allylic oxidation sites excluding steroid dienone is 1. The average molecular weight is 182 g/mol. The van der Waals surface area contributed by atoms with E-state index in [0.29, 0.717) is 23.7 Å². The van der Waals surface area contributed by atoms with Gasteiger partial charge in [0.2, 0.25) is 0 Å². The first-order chi connectivity index (χ1) is 6.02. The van der Waals surface area contributed by atoms with Crippen LogP contribution in [-0.2, 0) is 0 Å². The van der Waals surface area contributed by atoms with Crippen molar-refractivity contribution in [1.29, 1.82) is 0 Å². The van der Waals surface area contributed by atoms with Crippen molar-refractivity contribution >= 4 is 0 Å². The van der Waals surface area contributed by atoms with E-state index in [1.54, 1.807) is 0 Å². The minimum absolute atomic E-state index is 0.213. The molecule has 0 aliphatic heterocycles. The highest BCUT2D eigenvalue weighted by Crippen LogP contribution is 2.33. The van der Waals surface area contributed by atoms with Crippen molar-refractivity contribution in [2.45, 2.75) is 40.2 Å². The van der Waals surface area contributed by atoms with Crippen LogP contribution < -0.4 is 0 Å². The molecule has 0 saturated heterocycles. The van der Waals surface area contributed by atoms with Gasteiger partial charge in [-0.05, 0) is 30.1 Å². The zero-order valence-electron chi connectivity index (χ0n) is 9.20. The normalized spacial score (nSPS) is 34.5.